The molecule has 3 aromatic carbocycles. The Morgan fingerprint density at radius 2 is 1.84 bits per heavy atom. The van der Waals surface area contributed by atoms with Crippen LogP contribution in [-0.4, -0.2) is 16.9 Å². The monoisotopic (exact) mass is 588 g/mol. The first-order valence-corrected chi connectivity index (χ1v) is 15.1. The molecule has 1 fully saturated rings. The minimum absolute atomic E-state index is 0.0423. The smallest absolute Gasteiger partial charge is 0.331 e. The number of rotatable bonds is 9. The van der Waals surface area contributed by atoms with Crippen molar-refractivity contribution in [1.82, 2.24) is 4.98 Å². The summed E-state index contributed by atoms with van der Waals surface area (Å²) in [6.45, 7) is 0.654. The van der Waals surface area contributed by atoms with Gasteiger partial charge >= 0.3 is 10.9 Å². The number of pyridine rings is 1. The van der Waals surface area contributed by atoms with E-state index < -0.39 is 10.7 Å². The summed E-state index contributed by atoms with van der Waals surface area (Å²) in [5, 5.41) is 15.0. The first-order valence-electron chi connectivity index (χ1n) is 13.9. The highest BCUT2D eigenvalue weighted by Crippen LogP contribution is 2.46. The fraction of sp³-hybridized carbons (Fsp3) is 0.152. The second kappa shape index (κ2) is 11.1. The summed E-state index contributed by atoms with van der Waals surface area (Å²) in [6, 6.07) is 26.1. The topological polar surface area (TPSA) is 117 Å². The quantitative estimate of drug-likeness (QED) is 0.176. The molecule has 2 N–H and O–H groups in total. The van der Waals surface area contributed by atoms with Gasteiger partial charge in [-0.1, -0.05) is 36.4 Å². The third-order valence-electron chi connectivity index (χ3n) is 7.35. The van der Waals surface area contributed by atoms with E-state index in [9.17, 15) is 14.9 Å². The van der Waals surface area contributed by atoms with Gasteiger partial charge in [-0.05, 0) is 66.4 Å². The molecule has 5 aromatic rings. The first kappa shape index (κ1) is 26.5. The molecule has 2 aliphatic rings. The maximum atomic E-state index is 13.2. The van der Waals surface area contributed by atoms with E-state index in [4.69, 9.17) is 9.47 Å². The van der Waals surface area contributed by atoms with Crippen molar-refractivity contribution in [2.45, 2.75) is 26.1 Å². The van der Waals surface area contributed by atoms with Crippen molar-refractivity contribution in [3.05, 3.63) is 107 Å². The van der Waals surface area contributed by atoms with E-state index in [0.29, 0.717) is 41.7 Å². The molecule has 0 saturated heterocycles. The summed E-state index contributed by atoms with van der Waals surface area (Å²) >= 11 is 0. The molecule has 1 unspecified atom stereocenters. The van der Waals surface area contributed by atoms with Gasteiger partial charge in [0, 0.05) is 12.1 Å². The van der Waals surface area contributed by atoms with E-state index in [1.54, 1.807) is 29.3 Å². The first-order chi connectivity index (χ1) is 21.1. The van der Waals surface area contributed by atoms with E-state index >= 15 is 0 Å². The number of benzene rings is 3. The van der Waals surface area contributed by atoms with Crippen LogP contribution in [0.4, 0.5) is 21.9 Å². The second-order valence-electron chi connectivity index (χ2n) is 10.4. The highest BCUT2D eigenvalue weighted by Gasteiger charge is 2.37. The number of nitriles is 1. The van der Waals surface area contributed by atoms with Crippen molar-refractivity contribution in [1.29, 1.82) is 5.26 Å². The Bertz CT molecular complexity index is 1910. The Balaban J connectivity index is 1.04. The highest BCUT2D eigenvalue weighted by atomic mass is 32.2. The summed E-state index contributed by atoms with van der Waals surface area (Å²) < 4.78 is 15.0. The highest BCUT2D eigenvalue weighted by molar-refractivity contribution is 7.39. The van der Waals surface area contributed by atoms with Crippen molar-refractivity contribution >= 4 is 49.9 Å². The number of para-hydroxylation sites is 1. The number of aromatic nitrogens is 1. The molecule has 7 rings (SSSR count). The molecule has 43 heavy (non-hydrogen) atoms. The van der Waals surface area contributed by atoms with Gasteiger partial charge < -0.3 is 14.8 Å². The van der Waals surface area contributed by atoms with Crippen molar-refractivity contribution in [2.75, 3.05) is 14.9 Å². The van der Waals surface area contributed by atoms with Gasteiger partial charge in [-0.2, -0.15) is 5.26 Å². The van der Waals surface area contributed by atoms with E-state index in [0.717, 1.165) is 39.9 Å². The zero-order valence-corrected chi connectivity index (χ0v) is 23.8. The van der Waals surface area contributed by atoms with Crippen LogP contribution in [0.3, 0.4) is 0 Å². The van der Waals surface area contributed by atoms with Crippen molar-refractivity contribution in [3.8, 4) is 17.6 Å². The number of hydrogen-bond acceptors (Lipinski definition) is 6. The van der Waals surface area contributed by atoms with Gasteiger partial charge in [0.25, 0.3) is 5.91 Å². The Morgan fingerprint density at radius 3 is 2.65 bits per heavy atom. The van der Waals surface area contributed by atoms with Gasteiger partial charge in [-0.3, -0.25) is 9.69 Å². The predicted octanol–water partition coefficient (Wildman–Crippen LogP) is 7.18. The van der Waals surface area contributed by atoms with Crippen LogP contribution < -0.4 is 24.4 Å². The van der Waals surface area contributed by atoms with Crippen LogP contribution >= 0.6 is 10.7 Å². The van der Waals surface area contributed by atoms with Gasteiger partial charge in [0.2, 0.25) is 0 Å². The van der Waals surface area contributed by atoms with Crippen molar-refractivity contribution in [3.63, 3.8) is 0 Å². The van der Waals surface area contributed by atoms with Gasteiger partial charge in [-0.15, -0.1) is 4.72 Å². The van der Waals surface area contributed by atoms with Gasteiger partial charge in [0.05, 0.1) is 16.9 Å². The zero-order valence-electron chi connectivity index (χ0n) is 22.9. The molecule has 1 saturated carbocycles. The third kappa shape index (κ3) is 5.34. The number of carbonyl (C=O) groups is 2. The minimum Gasteiger partial charge on any atom is -0.489 e. The molecule has 2 aromatic heterocycles. The third-order valence-corrected chi connectivity index (χ3v) is 8.97. The van der Waals surface area contributed by atoms with E-state index in [-0.39, 0.29) is 17.9 Å². The molecule has 1 atom stereocenters. The largest absolute Gasteiger partial charge is 0.489 e. The molecule has 1 aliphatic carbocycles. The molecule has 0 radical (unpaired) electrons. The zero-order chi connectivity index (χ0) is 29.3. The molecule has 0 spiro atoms. The molecule has 0 bridgehead atoms. The minimum atomic E-state index is -0.690. The predicted molar refractivity (Wildman–Crippen MR) is 165 cm³/mol. The Kier molecular flexibility index (Phi) is 6.85. The van der Waals surface area contributed by atoms with E-state index in [1.807, 2.05) is 66.0 Å². The Labute approximate surface area is 250 Å². The average molecular weight is 589 g/mol. The maximum absolute atomic E-state index is 13.2. The summed E-state index contributed by atoms with van der Waals surface area (Å²) in [5.74, 6) is 1.38. The van der Waals surface area contributed by atoms with Gasteiger partial charge in [0.15, 0.2) is 5.38 Å². The summed E-state index contributed by atoms with van der Waals surface area (Å²) in [6.07, 6.45) is 3.53. The van der Waals surface area contributed by atoms with Crippen LogP contribution in [0.5, 0.6) is 11.5 Å². The van der Waals surface area contributed by atoms with Crippen LogP contribution in [-0.2, 0) is 18.0 Å². The van der Waals surface area contributed by atoms with E-state index in [1.165, 1.54) is 0 Å². The summed E-state index contributed by atoms with van der Waals surface area (Å²) in [7, 11) is -0.690. The van der Waals surface area contributed by atoms with Crippen molar-refractivity contribution < 1.29 is 19.1 Å². The molecule has 3 amide bonds. The molecule has 1 aliphatic heterocycles. The maximum Gasteiger partial charge on any atom is 0.331 e. The molecular formula is C33H26N5O4S+. The molecule has 3 heterocycles. The number of amides is 3. The molecular weight excluding hydrogens is 562 g/mol. The fourth-order valence-corrected chi connectivity index (χ4v) is 6.67. The lowest BCUT2D eigenvalue weighted by Gasteiger charge is -2.27. The van der Waals surface area contributed by atoms with Crippen LogP contribution in [0.15, 0.2) is 90.4 Å². The van der Waals surface area contributed by atoms with Crippen LogP contribution in [0, 0.1) is 17.2 Å². The fourth-order valence-electron chi connectivity index (χ4n) is 4.99. The summed E-state index contributed by atoms with van der Waals surface area (Å²) in [4.78, 5) is 32.6. The number of thiophene rings is 1. The number of nitrogens with zero attached hydrogens (tertiary/aromatic N) is 3. The number of carbonyl (C=O) groups excluding carboxylic acids is 2. The number of ether oxygens (including phenoxy) is 2. The summed E-state index contributed by atoms with van der Waals surface area (Å²) in [5.41, 5.74) is 4.48. The van der Waals surface area contributed by atoms with E-state index in [2.05, 4.69) is 21.1 Å². The lowest BCUT2D eigenvalue weighted by Crippen LogP contribution is -2.33. The second-order valence-corrected chi connectivity index (χ2v) is 11.9. The Hall–Kier alpha value is -5.40. The van der Waals surface area contributed by atoms with Crippen LogP contribution in [0.2, 0.25) is 0 Å². The SMILES string of the molecule is N#Cc1ccccc1OCc1cccc(OCc2ccc(N3C(=O)Nc4c[s+](NC(=O)C5CC5)c5nccc3c45)cc2)c1. The molecule has 212 valence electrons. The van der Waals surface area contributed by atoms with Crippen LogP contribution in [0.25, 0.3) is 10.2 Å². The van der Waals surface area contributed by atoms with Crippen molar-refractivity contribution in [2.24, 2.45) is 5.92 Å². The van der Waals surface area contributed by atoms with Crippen LogP contribution in [0.1, 0.15) is 29.5 Å². The lowest BCUT2D eigenvalue weighted by atomic mass is 10.1. The standard InChI is InChI=1S/C33H25N5O4S/c34-17-24-5-1-2-7-29(24)42-19-22-4-3-6-26(16-22)41-18-21-8-12-25(13-9-21)38-28-14-15-35-32-30(28)27(36-33(38)40)20-43(32)37-31(39)23-10-11-23/h1-9,12-16,20,23H,10-11,18-19H2,(H-,36,37,39,40)/p+1. The average Bonchev–Trinajstić information content (AvgIpc) is 3.84. The number of anilines is 3. The van der Waals surface area contributed by atoms with Gasteiger partial charge in [-0.25, -0.2) is 9.78 Å². The molecule has 9 nitrogen and oxygen atoms in total. The van der Waals surface area contributed by atoms with Gasteiger partial charge in [0.1, 0.15) is 52.5 Å². The molecule has 10 heteroatoms. The Morgan fingerprint density at radius 1 is 1.02 bits per heavy atom. The number of nitrogens with one attached hydrogen (secondary N) is 2. The normalized spacial score (nSPS) is 14.2. The lowest BCUT2D eigenvalue weighted by molar-refractivity contribution is -0.116. The number of hydrogen-bond donors (Lipinski definition) is 2. The number of urea groups is 1.